The summed E-state index contributed by atoms with van der Waals surface area (Å²) in [6.45, 7) is 0.310. The third-order valence-corrected chi connectivity index (χ3v) is 2.84. The van der Waals surface area contributed by atoms with Gasteiger partial charge in [-0.2, -0.15) is 0 Å². The van der Waals surface area contributed by atoms with Crippen LogP contribution in [0, 0.1) is 5.82 Å². The lowest BCUT2D eigenvalue weighted by atomic mass is 10.2. The number of hydrogen-bond acceptors (Lipinski definition) is 4. The van der Waals surface area contributed by atoms with Crippen LogP contribution in [0.3, 0.4) is 0 Å². The van der Waals surface area contributed by atoms with Crippen molar-refractivity contribution < 1.29 is 14.3 Å². The smallest absolute Gasteiger partial charge is 0.170 e. The van der Waals surface area contributed by atoms with E-state index in [9.17, 15) is 4.39 Å². The zero-order valence-electron chi connectivity index (χ0n) is 11.0. The molecule has 0 saturated heterocycles. The molecule has 0 saturated carbocycles. The zero-order chi connectivity index (χ0) is 14.5. The fourth-order valence-corrected chi connectivity index (χ4v) is 1.72. The molecular weight excluding hydrogens is 263 g/mol. The number of rotatable bonds is 5. The van der Waals surface area contributed by atoms with Gasteiger partial charge in [-0.05, 0) is 18.2 Å². The van der Waals surface area contributed by atoms with Crippen LogP contribution in [0.1, 0.15) is 11.4 Å². The molecule has 106 valence electrons. The minimum absolute atomic E-state index is 0.119. The lowest BCUT2D eigenvalue weighted by Gasteiger charge is -2.08. The number of aryl methyl sites for hydroxylation is 1. The van der Waals surface area contributed by atoms with Crippen molar-refractivity contribution in [2.45, 2.75) is 6.42 Å². The number of ether oxygens (including phenoxy) is 1. The Morgan fingerprint density at radius 3 is 2.95 bits per heavy atom. The summed E-state index contributed by atoms with van der Waals surface area (Å²) >= 11 is 0. The van der Waals surface area contributed by atoms with Crippen LogP contribution in [0.2, 0.25) is 0 Å². The molecule has 1 aromatic heterocycles. The topological polar surface area (TPSA) is 85.7 Å². The molecule has 1 aromatic carbocycles. The number of halogens is 1. The summed E-state index contributed by atoms with van der Waals surface area (Å²) in [6.07, 6.45) is 4.11. The molecule has 0 radical (unpaired) electrons. The Labute approximate surface area is 115 Å². The summed E-state index contributed by atoms with van der Waals surface area (Å²) in [4.78, 5) is 4.15. The van der Waals surface area contributed by atoms with Crippen LogP contribution in [0.25, 0.3) is 0 Å². The summed E-state index contributed by atoms with van der Waals surface area (Å²) in [5.41, 5.74) is 5.67. The lowest BCUT2D eigenvalue weighted by molar-refractivity contribution is 0.301. The van der Waals surface area contributed by atoms with E-state index in [1.807, 2.05) is 17.8 Å². The predicted octanol–water partition coefficient (Wildman–Crippen LogP) is 1.28. The van der Waals surface area contributed by atoms with Gasteiger partial charge in [-0.3, -0.25) is 0 Å². The van der Waals surface area contributed by atoms with Gasteiger partial charge >= 0.3 is 0 Å². The predicted molar refractivity (Wildman–Crippen MR) is 71.3 cm³/mol. The fraction of sp³-hybridized carbons (Fsp3) is 0.231. The molecule has 0 spiro atoms. The Morgan fingerprint density at radius 1 is 1.55 bits per heavy atom. The Balaban J connectivity index is 1.98. The maximum Gasteiger partial charge on any atom is 0.170 e. The second-order valence-corrected chi connectivity index (χ2v) is 4.18. The number of amidine groups is 1. The number of hydrogen-bond donors (Lipinski definition) is 2. The van der Waals surface area contributed by atoms with E-state index in [1.54, 1.807) is 6.20 Å². The third kappa shape index (κ3) is 3.05. The Kier molecular flexibility index (Phi) is 4.19. The molecule has 2 aromatic rings. The van der Waals surface area contributed by atoms with Crippen molar-refractivity contribution in [2.24, 2.45) is 17.9 Å². The van der Waals surface area contributed by atoms with E-state index in [1.165, 1.54) is 12.1 Å². The van der Waals surface area contributed by atoms with Crippen LogP contribution in [0.15, 0.2) is 35.7 Å². The number of nitrogens with two attached hydrogens (primary N) is 1. The monoisotopic (exact) mass is 278 g/mol. The van der Waals surface area contributed by atoms with Gasteiger partial charge in [-0.25, -0.2) is 9.37 Å². The van der Waals surface area contributed by atoms with Gasteiger partial charge in [-0.1, -0.05) is 5.16 Å². The number of aromatic nitrogens is 2. The Hall–Kier alpha value is -2.57. The van der Waals surface area contributed by atoms with Gasteiger partial charge in [0.25, 0.3) is 0 Å². The summed E-state index contributed by atoms with van der Waals surface area (Å²) in [5.74, 6) is 0.268. The van der Waals surface area contributed by atoms with E-state index in [4.69, 9.17) is 15.7 Å². The molecule has 3 N–H and O–H groups in total. The maximum atomic E-state index is 13.8. The van der Waals surface area contributed by atoms with Gasteiger partial charge in [0.05, 0.1) is 6.61 Å². The first-order valence-electron chi connectivity index (χ1n) is 5.98. The third-order valence-electron chi connectivity index (χ3n) is 2.84. The van der Waals surface area contributed by atoms with Crippen LogP contribution in [0.4, 0.5) is 4.39 Å². The number of nitrogens with zero attached hydrogens (tertiary/aromatic N) is 3. The largest absolute Gasteiger partial charge is 0.490 e. The van der Waals surface area contributed by atoms with E-state index in [0.29, 0.717) is 18.6 Å². The van der Waals surface area contributed by atoms with Crippen molar-refractivity contribution in [2.75, 3.05) is 6.61 Å². The summed E-state index contributed by atoms with van der Waals surface area (Å²) < 4.78 is 21.0. The summed E-state index contributed by atoms with van der Waals surface area (Å²) in [6, 6.07) is 4.13. The standard InChI is InChI=1S/C13H15FN4O2/c1-18-6-5-16-12(18)4-7-20-11-3-2-9(8-10(11)14)13(15)17-19/h2-3,5-6,8,19H,4,7H2,1H3,(H2,15,17). The van der Waals surface area contributed by atoms with Crippen molar-refractivity contribution in [1.29, 1.82) is 0 Å². The Morgan fingerprint density at radius 2 is 2.35 bits per heavy atom. The van der Waals surface area contributed by atoms with Crippen molar-refractivity contribution in [1.82, 2.24) is 9.55 Å². The molecule has 0 atom stereocenters. The van der Waals surface area contributed by atoms with Crippen molar-refractivity contribution in [3.8, 4) is 5.75 Å². The van der Waals surface area contributed by atoms with E-state index >= 15 is 0 Å². The van der Waals surface area contributed by atoms with Gasteiger partial charge in [0.2, 0.25) is 0 Å². The summed E-state index contributed by atoms with van der Waals surface area (Å²) in [5, 5.41) is 11.3. The molecule has 0 aliphatic heterocycles. The molecular formula is C13H15FN4O2. The van der Waals surface area contributed by atoms with E-state index < -0.39 is 5.82 Å². The average Bonchev–Trinajstić information content (AvgIpc) is 2.85. The molecule has 20 heavy (non-hydrogen) atoms. The Bertz CT molecular complexity index is 625. The molecule has 1 heterocycles. The normalized spacial score (nSPS) is 11.6. The number of benzene rings is 1. The molecule has 0 amide bonds. The van der Waals surface area contributed by atoms with Gasteiger partial charge in [0.15, 0.2) is 17.4 Å². The fourth-order valence-electron chi connectivity index (χ4n) is 1.72. The van der Waals surface area contributed by atoms with Crippen LogP contribution in [0.5, 0.6) is 5.75 Å². The first-order valence-corrected chi connectivity index (χ1v) is 5.98. The minimum atomic E-state index is -0.561. The first-order chi connectivity index (χ1) is 9.61. The van der Waals surface area contributed by atoms with Gasteiger partial charge in [0, 0.05) is 31.4 Å². The van der Waals surface area contributed by atoms with E-state index in [-0.39, 0.29) is 11.6 Å². The highest BCUT2D eigenvalue weighted by molar-refractivity contribution is 5.97. The molecule has 0 aliphatic carbocycles. The van der Waals surface area contributed by atoms with E-state index in [0.717, 1.165) is 11.9 Å². The van der Waals surface area contributed by atoms with Crippen LogP contribution < -0.4 is 10.5 Å². The molecule has 0 fully saturated rings. The van der Waals surface area contributed by atoms with Gasteiger partial charge in [0.1, 0.15) is 5.82 Å². The van der Waals surface area contributed by atoms with Gasteiger partial charge < -0.3 is 20.2 Å². The highest BCUT2D eigenvalue weighted by Gasteiger charge is 2.08. The highest BCUT2D eigenvalue weighted by atomic mass is 19.1. The van der Waals surface area contributed by atoms with Gasteiger partial charge in [-0.15, -0.1) is 0 Å². The molecule has 0 unspecified atom stereocenters. The molecule has 0 bridgehead atoms. The van der Waals surface area contributed by atoms with Crippen molar-refractivity contribution in [3.63, 3.8) is 0 Å². The summed E-state index contributed by atoms with van der Waals surface area (Å²) in [7, 11) is 1.88. The second kappa shape index (κ2) is 6.05. The molecule has 2 rings (SSSR count). The zero-order valence-corrected chi connectivity index (χ0v) is 11.0. The quantitative estimate of drug-likeness (QED) is 0.373. The molecule has 7 heteroatoms. The lowest BCUT2D eigenvalue weighted by Crippen LogP contribution is -2.13. The van der Waals surface area contributed by atoms with Crippen LogP contribution in [-0.2, 0) is 13.5 Å². The van der Waals surface area contributed by atoms with Crippen molar-refractivity contribution >= 4 is 5.84 Å². The maximum absolute atomic E-state index is 13.8. The average molecular weight is 278 g/mol. The molecule has 6 nitrogen and oxygen atoms in total. The molecule has 0 aliphatic rings. The van der Waals surface area contributed by atoms with Crippen molar-refractivity contribution in [3.05, 3.63) is 47.8 Å². The SMILES string of the molecule is Cn1ccnc1CCOc1ccc(/C(N)=N/O)cc1F. The second-order valence-electron chi connectivity index (χ2n) is 4.18. The van der Waals surface area contributed by atoms with Crippen LogP contribution >= 0.6 is 0 Å². The first kappa shape index (κ1) is 13.9. The minimum Gasteiger partial charge on any atom is -0.490 e. The number of imidazole rings is 1. The number of oxime groups is 1. The highest BCUT2D eigenvalue weighted by Crippen LogP contribution is 2.18. The van der Waals surface area contributed by atoms with E-state index in [2.05, 4.69) is 10.1 Å². The van der Waals surface area contributed by atoms with Crippen LogP contribution in [-0.4, -0.2) is 27.2 Å².